The highest BCUT2D eigenvalue weighted by molar-refractivity contribution is 5.77. The summed E-state index contributed by atoms with van der Waals surface area (Å²) in [6.45, 7) is 6.73. The van der Waals surface area contributed by atoms with Gasteiger partial charge in [-0.2, -0.15) is 4.98 Å². The smallest absolute Gasteiger partial charge is 0.222 e. The molecule has 0 unspecified atom stereocenters. The summed E-state index contributed by atoms with van der Waals surface area (Å²) in [4.78, 5) is 20.3. The van der Waals surface area contributed by atoms with Gasteiger partial charge in [-0.3, -0.25) is 9.69 Å². The number of carbonyl (C=O) groups excluding carboxylic acids is 1. The number of rotatable bonds is 3. The van der Waals surface area contributed by atoms with Gasteiger partial charge in [-0.25, -0.2) is 0 Å². The van der Waals surface area contributed by atoms with Crippen LogP contribution in [0.1, 0.15) is 38.4 Å². The van der Waals surface area contributed by atoms with Crippen LogP contribution in [0.25, 0.3) is 0 Å². The fourth-order valence-electron chi connectivity index (χ4n) is 3.45. The average molecular weight is 278 g/mol. The van der Waals surface area contributed by atoms with Gasteiger partial charge in [0, 0.05) is 19.5 Å². The molecule has 2 saturated heterocycles. The molecule has 1 spiro atoms. The van der Waals surface area contributed by atoms with E-state index in [4.69, 9.17) is 4.52 Å². The molecule has 3 rings (SSSR count). The molecule has 110 valence electrons. The van der Waals surface area contributed by atoms with Crippen LogP contribution in [0.3, 0.4) is 0 Å². The van der Waals surface area contributed by atoms with Crippen LogP contribution in [-0.4, -0.2) is 52.0 Å². The summed E-state index contributed by atoms with van der Waals surface area (Å²) in [6.07, 6.45) is 5.48. The zero-order valence-corrected chi connectivity index (χ0v) is 12.0. The van der Waals surface area contributed by atoms with Gasteiger partial charge in [0.25, 0.3) is 0 Å². The van der Waals surface area contributed by atoms with Crippen LogP contribution in [0.2, 0.25) is 0 Å². The van der Waals surface area contributed by atoms with Crippen molar-refractivity contribution in [2.45, 2.75) is 39.2 Å². The predicted molar refractivity (Wildman–Crippen MR) is 72.7 cm³/mol. The minimum Gasteiger partial charge on any atom is -0.343 e. The Bertz CT molecular complexity index is 452. The molecule has 1 amide bonds. The van der Waals surface area contributed by atoms with Crippen molar-refractivity contribution >= 4 is 5.91 Å². The number of amides is 1. The maximum Gasteiger partial charge on any atom is 0.222 e. The molecule has 0 N–H and O–H groups in total. The monoisotopic (exact) mass is 278 g/mol. The minimum atomic E-state index is 0.326. The van der Waals surface area contributed by atoms with Crippen molar-refractivity contribution in [3.8, 4) is 0 Å². The van der Waals surface area contributed by atoms with E-state index < -0.39 is 0 Å². The summed E-state index contributed by atoms with van der Waals surface area (Å²) in [6, 6.07) is 0. The van der Waals surface area contributed by atoms with Gasteiger partial charge in [0.1, 0.15) is 0 Å². The van der Waals surface area contributed by atoms with Crippen molar-refractivity contribution in [3.63, 3.8) is 0 Å². The molecule has 0 saturated carbocycles. The molecule has 6 heteroatoms. The number of hydrogen-bond donors (Lipinski definition) is 0. The number of nitrogens with zero attached hydrogens (tertiary/aromatic N) is 4. The van der Waals surface area contributed by atoms with E-state index in [9.17, 15) is 4.79 Å². The normalized spacial score (nSPS) is 23.4. The van der Waals surface area contributed by atoms with E-state index in [0.29, 0.717) is 11.3 Å². The molecule has 0 radical (unpaired) electrons. The zero-order valence-electron chi connectivity index (χ0n) is 12.0. The van der Waals surface area contributed by atoms with Gasteiger partial charge in [-0.1, -0.05) is 5.16 Å². The van der Waals surface area contributed by atoms with Gasteiger partial charge < -0.3 is 9.42 Å². The lowest BCUT2D eigenvalue weighted by Gasteiger charge is -2.47. The Morgan fingerprint density at radius 3 is 2.80 bits per heavy atom. The van der Waals surface area contributed by atoms with Crippen LogP contribution in [0.5, 0.6) is 0 Å². The second-order valence-corrected chi connectivity index (χ2v) is 6.03. The molecule has 0 bridgehead atoms. The van der Waals surface area contributed by atoms with Crippen molar-refractivity contribution in [1.82, 2.24) is 19.9 Å². The molecule has 0 aliphatic carbocycles. The largest absolute Gasteiger partial charge is 0.343 e. The van der Waals surface area contributed by atoms with E-state index in [-0.39, 0.29) is 0 Å². The van der Waals surface area contributed by atoms with Crippen molar-refractivity contribution < 1.29 is 9.32 Å². The molecule has 3 heterocycles. The summed E-state index contributed by atoms with van der Waals surface area (Å²) in [5.74, 6) is 1.09. The van der Waals surface area contributed by atoms with Crippen molar-refractivity contribution in [1.29, 1.82) is 0 Å². The third-order valence-corrected chi connectivity index (χ3v) is 4.82. The number of carbonyl (C=O) groups is 1. The van der Waals surface area contributed by atoms with Gasteiger partial charge in [0.2, 0.25) is 12.3 Å². The van der Waals surface area contributed by atoms with Gasteiger partial charge in [-0.15, -0.1) is 0 Å². The van der Waals surface area contributed by atoms with Crippen molar-refractivity contribution in [3.05, 3.63) is 12.2 Å². The maximum absolute atomic E-state index is 11.8. The molecule has 6 nitrogen and oxygen atoms in total. The number of aromatic nitrogens is 2. The van der Waals surface area contributed by atoms with Crippen molar-refractivity contribution in [2.24, 2.45) is 5.41 Å². The maximum atomic E-state index is 11.8. The standard InChI is InChI=1S/C14H22N4O2/c1-2-18-10-14(4-3-13(18)19)5-7-17(8-6-14)9-12-15-11-20-16-12/h11H,2-10H2,1H3. The van der Waals surface area contributed by atoms with E-state index >= 15 is 0 Å². The van der Waals surface area contributed by atoms with Gasteiger partial charge in [0.05, 0.1) is 6.54 Å². The van der Waals surface area contributed by atoms with Crippen LogP contribution in [0.4, 0.5) is 0 Å². The third-order valence-electron chi connectivity index (χ3n) is 4.82. The summed E-state index contributed by atoms with van der Waals surface area (Å²) >= 11 is 0. The lowest BCUT2D eigenvalue weighted by Crippen LogP contribution is -2.51. The van der Waals surface area contributed by atoms with Gasteiger partial charge >= 0.3 is 0 Å². The Hall–Kier alpha value is -1.43. The van der Waals surface area contributed by atoms with E-state index in [1.807, 2.05) is 4.90 Å². The van der Waals surface area contributed by atoms with Crippen LogP contribution in [0, 0.1) is 5.41 Å². The molecule has 1 aromatic heterocycles. The highest BCUT2D eigenvalue weighted by Gasteiger charge is 2.40. The Kier molecular flexibility index (Phi) is 3.74. The first kappa shape index (κ1) is 13.5. The highest BCUT2D eigenvalue weighted by Crippen LogP contribution is 2.40. The van der Waals surface area contributed by atoms with Crippen LogP contribution < -0.4 is 0 Å². The van der Waals surface area contributed by atoms with E-state index in [0.717, 1.165) is 64.2 Å². The molecule has 2 aliphatic rings. The highest BCUT2D eigenvalue weighted by atomic mass is 16.5. The predicted octanol–water partition coefficient (Wildman–Crippen LogP) is 1.29. The third kappa shape index (κ3) is 2.70. The molecular formula is C14H22N4O2. The Morgan fingerprint density at radius 1 is 1.35 bits per heavy atom. The molecular weight excluding hydrogens is 256 g/mol. The molecule has 0 atom stereocenters. The van der Waals surface area contributed by atoms with Crippen molar-refractivity contribution in [2.75, 3.05) is 26.2 Å². The van der Waals surface area contributed by atoms with E-state index in [1.165, 1.54) is 6.39 Å². The molecule has 20 heavy (non-hydrogen) atoms. The summed E-state index contributed by atoms with van der Waals surface area (Å²) < 4.78 is 4.77. The summed E-state index contributed by atoms with van der Waals surface area (Å²) in [5, 5.41) is 3.87. The van der Waals surface area contributed by atoms with Crippen LogP contribution >= 0.6 is 0 Å². The SMILES string of the molecule is CCN1CC2(CCC1=O)CCN(Cc1ncon1)CC2. The van der Waals surface area contributed by atoms with Gasteiger partial charge in [0.15, 0.2) is 5.82 Å². The van der Waals surface area contributed by atoms with E-state index in [2.05, 4.69) is 22.0 Å². The molecule has 0 aromatic carbocycles. The molecule has 1 aromatic rings. The molecule has 2 aliphatic heterocycles. The van der Waals surface area contributed by atoms with E-state index in [1.54, 1.807) is 0 Å². The second-order valence-electron chi connectivity index (χ2n) is 6.03. The second kappa shape index (κ2) is 5.52. The molecule has 2 fully saturated rings. The number of likely N-dealkylation sites (tertiary alicyclic amines) is 2. The fraction of sp³-hybridized carbons (Fsp3) is 0.786. The van der Waals surface area contributed by atoms with Crippen LogP contribution in [0.15, 0.2) is 10.9 Å². The number of hydrogen-bond acceptors (Lipinski definition) is 5. The zero-order chi connectivity index (χ0) is 14.0. The Morgan fingerprint density at radius 2 is 2.15 bits per heavy atom. The lowest BCUT2D eigenvalue weighted by molar-refractivity contribution is -0.138. The lowest BCUT2D eigenvalue weighted by atomic mass is 9.72. The van der Waals surface area contributed by atoms with Gasteiger partial charge in [-0.05, 0) is 44.7 Å². The first-order valence-electron chi connectivity index (χ1n) is 7.46. The minimum absolute atomic E-state index is 0.326. The Labute approximate surface area is 119 Å². The topological polar surface area (TPSA) is 62.5 Å². The number of piperidine rings is 2. The quantitative estimate of drug-likeness (QED) is 0.834. The fourth-order valence-corrected chi connectivity index (χ4v) is 3.45. The average Bonchev–Trinajstić information content (AvgIpc) is 2.97. The summed E-state index contributed by atoms with van der Waals surface area (Å²) in [7, 11) is 0. The Balaban J connectivity index is 1.56. The first-order valence-corrected chi connectivity index (χ1v) is 7.46. The first-order chi connectivity index (χ1) is 9.71. The summed E-state index contributed by atoms with van der Waals surface area (Å²) in [5.41, 5.74) is 0.345. The van der Waals surface area contributed by atoms with Crippen LogP contribution in [-0.2, 0) is 11.3 Å².